The van der Waals surface area contributed by atoms with E-state index in [0.717, 1.165) is 12.1 Å². The molecule has 34 heavy (non-hydrogen) atoms. The Labute approximate surface area is 193 Å². The van der Waals surface area contributed by atoms with E-state index in [4.69, 9.17) is 0 Å². The first-order valence-corrected chi connectivity index (χ1v) is 10.7. The molecule has 1 aliphatic rings. The standard InChI is InChI=1S/C24H22F4N4O2/c25-20-13-16(1-6-21(20)32-12-9-29-15-32)14-30-22(33)17-7-10-31(11-8-17)23(34)18-2-4-19(5-3-18)24(26,27)28/h1-6,9,12-13,15,17H,7-8,10-11,14H2,(H,30,33). The first-order chi connectivity index (χ1) is 16.2. The number of hydrogen-bond acceptors (Lipinski definition) is 3. The number of benzene rings is 2. The molecular weight excluding hydrogens is 452 g/mol. The van der Waals surface area contributed by atoms with Crippen LogP contribution in [0.25, 0.3) is 5.69 Å². The number of halogens is 4. The van der Waals surface area contributed by atoms with Gasteiger partial charge in [0.05, 0.1) is 17.6 Å². The number of nitrogens with one attached hydrogen (secondary N) is 1. The van der Waals surface area contributed by atoms with Crippen LogP contribution in [0.1, 0.15) is 34.3 Å². The maximum Gasteiger partial charge on any atom is 0.416 e. The van der Waals surface area contributed by atoms with Crippen LogP contribution in [0.15, 0.2) is 61.2 Å². The number of imidazole rings is 1. The zero-order valence-electron chi connectivity index (χ0n) is 18.1. The van der Waals surface area contributed by atoms with Crippen LogP contribution in [-0.4, -0.2) is 39.4 Å². The minimum atomic E-state index is -4.46. The van der Waals surface area contributed by atoms with Gasteiger partial charge in [-0.2, -0.15) is 13.2 Å². The van der Waals surface area contributed by atoms with E-state index >= 15 is 0 Å². The molecule has 0 unspecified atom stereocenters. The lowest BCUT2D eigenvalue weighted by molar-refractivity contribution is -0.137. The van der Waals surface area contributed by atoms with Gasteiger partial charge in [0, 0.05) is 43.5 Å². The van der Waals surface area contributed by atoms with Crippen LogP contribution < -0.4 is 5.32 Å². The summed E-state index contributed by atoms with van der Waals surface area (Å²) in [4.78, 5) is 30.6. The molecule has 1 saturated heterocycles. The minimum absolute atomic E-state index is 0.171. The molecule has 178 valence electrons. The van der Waals surface area contributed by atoms with E-state index in [9.17, 15) is 27.2 Å². The van der Waals surface area contributed by atoms with Crippen molar-refractivity contribution in [2.24, 2.45) is 5.92 Å². The molecule has 1 aliphatic heterocycles. The van der Waals surface area contributed by atoms with Crippen LogP contribution in [0, 0.1) is 11.7 Å². The van der Waals surface area contributed by atoms with Gasteiger partial charge in [0.25, 0.3) is 5.91 Å². The number of nitrogens with zero attached hydrogens (tertiary/aromatic N) is 3. The molecule has 1 aromatic heterocycles. The van der Waals surface area contributed by atoms with Crippen LogP contribution in [0.2, 0.25) is 0 Å². The Morgan fingerprint density at radius 3 is 2.35 bits per heavy atom. The van der Waals surface area contributed by atoms with Crippen molar-refractivity contribution < 1.29 is 27.2 Å². The molecule has 6 nitrogen and oxygen atoms in total. The van der Waals surface area contributed by atoms with Gasteiger partial charge in [-0.05, 0) is 54.8 Å². The van der Waals surface area contributed by atoms with Gasteiger partial charge in [0.2, 0.25) is 5.91 Å². The largest absolute Gasteiger partial charge is 0.416 e. The van der Waals surface area contributed by atoms with Gasteiger partial charge in [-0.1, -0.05) is 6.07 Å². The van der Waals surface area contributed by atoms with Gasteiger partial charge in [-0.25, -0.2) is 9.37 Å². The topological polar surface area (TPSA) is 67.2 Å². The molecule has 10 heteroatoms. The fourth-order valence-electron chi connectivity index (χ4n) is 3.93. The molecule has 1 N–H and O–H groups in total. The first-order valence-electron chi connectivity index (χ1n) is 10.7. The Morgan fingerprint density at radius 2 is 1.76 bits per heavy atom. The number of piperidine rings is 1. The number of rotatable bonds is 5. The van der Waals surface area contributed by atoms with Gasteiger partial charge in [0.15, 0.2) is 0 Å². The van der Waals surface area contributed by atoms with Gasteiger partial charge in [0.1, 0.15) is 5.82 Å². The number of amides is 2. The fraction of sp³-hybridized carbons (Fsp3) is 0.292. The highest BCUT2D eigenvalue weighted by Gasteiger charge is 2.31. The van der Waals surface area contributed by atoms with E-state index in [0.29, 0.717) is 37.2 Å². The third-order valence-electron chi connectivity index (χ3n) is 5.87. The molecule has 2 amide bonds. The summed E-state index contributed by atoms with van der Waals surface area (Å²) in [6.45, 7) is 0.822. The molecule has 0 atom stereocenters. The highest BCUT2D eigenvalue weighted by Crippen LogP contribution is 2.29. The molecule has 0 bridgehead atoms. The van der Waals surface area contributed by atoms with Gasteiger partial charge >= 0.3 is 6.18 Å². The molecule has 3 aromatic rings. The maximum atomic E-state index is 14.4. The molecular formula is C24H22F4N4O2. The van der Waals surface area contributed by atoms with Crippen molar-refractivity contribution in [2.75, 3.05) is 13.1 Å². The predicted molar refractivity (Wildman–Crippen MR) is 115 cm³/mol. The van der Waals surface area contributed by atoms with Crippen molar-refractivity contribution in [1.82, 2.24) is 19.8 Å². The molecule has 4 rings (SSSR count). The van der Waals surface area contributed by atoms with Crippen molar-refractivity contribution in [3.05, 3.63) is 83.7 Å². The highest BCUT2D eigenvalue weighted by molar-refractivity contribution is 5.94. The third-order valence-corrected chi connectivity index (χ3v) is 5.87. The van der Waals surface area contributed by atoms with Crippen molar-refractivity contribution in [2.45, 2.75) is 25.6 Å². The van der Waals surface area contributed by atoms with E-state index in [-0.39, 0.29) is 29.8 Å². The van der Waals surface area contributed by atoms with Gasteiger partial charge in [-0.15, -0.1) is 0 Å². The Balaban J connectivity index is 1.27. The van der Waals surface area contributed by atoms with Crippen LogP contribution in [-0.2, 0) is 17.5 Å². The summed E-state index contributed by atoms with van der Waals surface area (Å²) in [5.74, 6) is -1.27. The summed E-state index contributed by atoms with van der Waals surface area (Å²) in [7, 11) is 0. The summed E-state index contributed by atoms with van der Waals surface area (Å²) in [5, 5.41) is 2.81. The molecule has 0 aliphatic carbocycles. The number of likely N-dealkylation sites (tertiary alicyclic amines) is 1. The van der Waals surface area contributed by atoms with E-state index < -0.39 is 17.6 Å². The second kappa shape index (κ2) is 9.66. The summed E-state index contributed by atoms with van der Waals surface area (Å²) < 4.78 is 54.0. The van der Waals surface area contributed by atoms with Gasteiger partial charge < -0.3 is 14.8 Å². The fourth-order valence-corrected chi connectivity index (χ4v) is 3.93. The Bertz CT molecular complexity index is 1150. The average Bonchev–Trinajstić information content (AvgIpc) is 3.36. The smallest absolute Gasteiger partial charge is 0.352 e. The predicted octanol–water partition coefficient (Wildman–Crippen LogP) is 4.20. The van der Waals surface area contributed by atoms with Crippen LogP contribution in [0.4, 0.5) is 17.6 Å². The number of carbonyl (C=O) groups is 2. The second-order valence-corrected chi connectivity index (χ2v) is 8.12. The number of aromatic nitrogens is 2. The van der Waals surface area contributed by atoms with Crippen molar-refractivity contribution in [3.63, 3.8) is 0 Å². The van der Waals surface area contributed by atoms with E-state index in [1.54, 1.807) is 29.1 Å². The average molecular weight is 474 g/mol. The highest BCUT2D eigenvalue weighted by atomic mass is 19.4. The molecule has 1 fully saturated rings. The molecule has 0 spiro atoms. The molecule has 0 radical (unpaired) electrons. The van der Waals surface area contributed by atoms with Crippen molar-refractivity contribution in [1.29, 1.82) is 0 Å². The third kappa shape index (κ3) is 5.27. The maximum absolute atomic E-state index is 14.4. The molecule has 0 saturated carbocycles. The normalized spacial score (nSPS) is 14.8. The summed E-state index contributed by atoms with van der Waals surface area (Å²) in [6.07, 6.45) is 1.10. The van der Waals surface area contributed by atoms with Crippen LogP contribution in [0.3, 0.4) is 0 Å². The Morgan fingerprint density at radius 1 is 1.06 bits per heavy atom. The van der Waals surface area contributed by atoms with Gasteiger partial charge in [-0.3, -0.25) is 9.59 Å². The van der Waals surface area contributed by atoms with Crippen LogP contribution in [0.5, 0.6) is 0 Å². The summed E-state index contributed by atoms with van der Waals surface area (Å²) >= 11 is 0. The quantitative estimate of drug-likeness (QED) is 0.564. The van der Waals surface area contributed by atoms with Crippen LogP contribution >= 0.6 is 0 Å². The lowest BCUT2D eigenvalue weighted by atomic mass is 9.95. The number of carbonyl (C=O) groups excluding carboxylic acids is 2. The monoisotopic (exact) mass is 474 g/mol. The van der Waals surface area contributed by atoms with E-state index in [1.165, 1.54) is 29.4 Å². The summed E-state index contributed by atoms with van der Waals surface area (Å²) in [5.41, 5.74) is 0.343. The Hall–Kier alpha value is -3.69. The zero-order chi connectivity index (χ0) is 24.3. The lowest BCUT2D eigenvalue weighted by Crippen LogP contribution is -2.42. The lowest BCUT2D eigenvalue weighted by Gasteiger charge is -2.31. The molecule has 2 heterocycles. The second-order valence-electron chi connectivity index (χ2n) is 8.12. The van der Waals surface area contributed by atoms with Crippen molar-refractivity contribution >= 4 is 11.8 Å². The number of alkyl halides is 3. The Kier molecular flexibility index (Phi) is 6.67. The van der Waals surface area contributed by atoms with E-state index in [1.807, 2.05) is 0 Å². The SMILES string of the molecule is O=C(NCc1ccc(-n2ccnc2)c(F)c1)C1CCN(C(=O)c2ccc(C(F)(F)F)cc2)CC1. The van der Waals surface area contributed by atoms with Crippen molar-refractivity contribution in [3.8, 4) is 5.69 Å². The summed E-state index contributed by atoms with van der Waals surface area (Å²) in [6, 6.07) is 8.81. The minimum Gasteiger partial charge on any atom is -0.352 e. The van der Waals surface area contributed by atoms with E-state index in [2.05, 4.69) is 10.3 Å². The number of hydrogen-bond donors (Lipinski definition) is 1. The zero-order valence-corrected chi connectivity index (χ0v) is 18.1. The molecule has 2 aromatic carbocycles. The first kappa shape index (κ1) is 23.5.